The molecule has 4 aromatic rings. The van der Waals surface area contributed by atoms with E-state index in [1.807, 2.05) is 61.5 Å². The third kappa shape index (κ3) is 4.36. The maximum atomic E-state index is 11.5. The number of para-hydroxylation sites is 1. The molecule has 33 heavy (non-hydrogen) atoms. The Hall–Kier alpha value is -3.60. The number of aromatic nitrogens is 2. The molecule has 3 aromatic carbocycles. The van der Waals surface area contributed by atoms with Crippen LogP contribution in [0.3, 0.4) is 0 Å². The van der Waals surface area contributed by atoms with E-state index < -0.39 is 5.97 Å². The van der Waals surface area contributed by atoms with E-state index in [0.29, 0.717) is 6.04 Å². The Morgan fingerprint density at radius 3 is 2.39 bits per heavy atom. The van der Waals surface area contributed by atoms with Gasteiger partial charge in [0.15, 0.2) is 0 Å². The van der Waals surface area contributed by atoms with Gasteiger partial charge in [0.25, 0.3) is 0 Å². The summed E-state index contributed by atoms with van der Waals surface area (Å²) < 4.78 is 8.41. The Morgan fingerprint density at radius 2 is 1.70 bits per heavy atom. The van der Waals surface area contributed by atoms with Gasteiger partial charge in [-0.25, -0.2) is 9.78 Å². The van der Waals surface area contributed by atoms with Crippen LogP contribution in [0.5, 0.6) is 11.5 Å². The average Bonchev–Trinajstić information content (AvgIpc) is 2.99. The van der Waals surface area contributed by atoms with E-state index >= 15 is 0 Å². The molecule has 0 unspecified atom stereocenters. The van der Waals surface area contributed by atoms with Crippen molar-refractivity contribution in [1.29, 1.82) is 0 Å². The predicted octanol–water partition coefficient (Wildman–Crippen LogP) is 7.40. The lowest BCUT2D eigenvalue weighted by atomic mass is 10.1. The molecule has 0 amide bonds. The molecule has 0 radical (unpaired) electrons. The summed E-state index contributed by atoms with van der Waals surface area (Å²) in [4.78, 5) is 16.4. The van der Waals surface area contributed by atoms with Crippen LogP contribution in [0.2, 0.25) is 0 Å². The lowest BCUT2D eigenvalue weighted by molar-refractivity contribution is 0.0697. The number of hydrogen-bond donors (Lipinski definition) is 1. The lowest BCUT2D eigenvalue weighted by Gasteiger charge is -2.20. The molecule has 1 heterocycles. The molecule has 0 aliphatic heterocycles. The molecule has 1 aliphatic carbocycles. The monoisotopic (exact) mass is 440 g/mol. The quantitative estimate of drug-likeness (QED) is 0.328. The Morgan fingerprint density at radius 1 is 0.970 bits per heavy atom. The molecule has 5 nitrogen and oxygen atoms in total. The molecule has 1 saturated carbocycles. The van der Waals surface area contributed by atoms with Gasteiger partial charge in [0.05, 0.1) is 16.6 Å². The van der Waals surface area contributed by atoms with Crippen molar-refractivity contribution in [2.45, 2.75) is 51.5 Å². The summed E-state index contributed by atoms with van der Waals surface area (Å²) >= 11 is 0. The fourth-order valence-corrected chi connectivity index (χ4v) is 4.79. The Kier molecular flexibility index (Phi) is 5.86. The Labute approximate surface area is 193 Å². The van der Waals surface area contributed by atoms with Gasteiger partial charge >= 0.3 is 5.97 Å². The number of carboxylic acids is 1. The van der Waals surface area contributed by atoms with Crippen molar-refractivity contribution in [3.05, 3.63) is 77.9 Å². The fraction of sp³-hybridized carbons (Fsp3) is 0.286. The first-order valence-electron chi connectivity index (χ1n) is 11.7. The topological polar surface area (TPSA) is 64.3 Å². The van der Waals surface area contributed by atoms with Crippen LogP contribution < -0.4 is 4.74 Å². The number of aryl methyl sites for hydroxylation is 1. The zero-order valence-electron chi connectivity index (χ0n) is 18.8. The lowest BCUT2D eigenvalue weighted by Crippen LogP contribution is -2.10. The number of ether oxygens (including phenoxy) is 1. The highest BCUT2D eigenvalue weighted by Gasteiger charge is 2.22. The smallest absolute Gasteiger partial charge is 0.335 e. The van der Waals surface area contributed by atoms with Crippen LogP contribution in [-0.4, -0.2) is 20.6 Å². The van der Waals surface area contributed by atoms with Crippen LogP contribution in [0.15, 0.2) is 66.7 Å². The molecule has 0 bridgehead atoms. The first kappa shape index (κ1) is 21.3. The Balaban J connectivity index is 1.55. The Bertz CT molecular complexity index is 1280. The van der Waals surface area contributed by atoms with E-state index in [9.17, 15) is 9.90 Å². The first-order valence-corrected chi connectivity index (χ1v) is 11.7. The van der Waals surface area contributed by atoms with Gasteiger partial charge in [0, 0.05) is 11.6 Å². The third-order valence-electron chi connectivity index (χ3n) is 6.56. The molecule has 1 aliphatic rings. The van der Waals surface area contributed by atoms with Crippen molar-refractivity contribution >= 4 is 17.0 Å². The number of benzene rings is 3. The van der Waals surface area contributed by atoms with E-state index in [1.165, 1.54) is 25.7 Å². The summed E-state index contributed by atoms with van der Waals surface area (Å²) in [6.45, 7) is 2.03. The number of imidazole rings is 1. The minimum absolute atomic E-state index is 0.265. The summed E-state index contributed by atoms with van der Waals surface area (Å²) in [5.41, 5.74) is 4.09. The predicted molar refractivity (Wildman–Crippen MR) is 130 cm³/mol. The van der Waals surface area contributed by atoms with E-state index in [1.54, 1.807) is 12.1 Å². The molecule has 1 aromatic heterocycles. The molecular weight excluding hydrogens is 412 g/mol. The van der Waals surface area contributed by atoms with Crippen LogP contribution in [0.25, 0.3) is 22.4 Å². The first-order chi connectivity index (χ1) is 16.1. The normalized spacial score (nSPS) is 14.8. The zero-order valence-corrected chi connectivity index (χ0v) is 18.8. The summed E-state index contributed by atoms with van der Waals surface area (Å²) in [7, 11) is 0. The van der Waals surface area contributed by atoms with E-state index in [2.05, 4.69) is 4.57 Å². The summed E-state index contributed by atoms with van der Waals surface area (Å²) in [6, 6.07) is 21.6. The van der Waals surface area contributed by atoms with Crippen molar-refractivity contribution in [2.24, 2.45) is 0 Å². The van der Waals surface area contributed by atoms with Crippen molar-refractivity contribution in [3.8, 4) is 22.9 Å². The minimum Gasteiger partial charge on any atom is -0.478 e. The second kappa shape index (κ2) is 9.10. The van der Waals surface area contributed by atoms with Gasteiger partial charge in [-0.3, -0.25) is 0 Å². The number of carbonyl (C=O) groups is 1. The zero-order chi connectivity index (χ0) is 22.8. The SMILES string of the molecule is Cc1ccccc1Oc1ccc(-c2nc3cc(C(=O)O)ccc3n2C2CCCCCC2)cc1. The average molecular weight is 441 g/mol. The highest BCUT2D eigenvalue weighted by molar-refractivity contribution is 5.93. The highest BCUT2D eigenvalue weighted by atomic mass is 16.5. The summed E-state index contributed by atoms with van der Waals surface area (Å²) in [5.74, 6) is 1.58. The van der Waals surface area contributed by atoms with Gasteiger partial charge < -0.3 is 14.4 Å². The molecule has 0 saturated heterocycles. The molecule has 1 fully saturated rings. The van der Waals surface area contributed by atoms with E-state index in [-0.39, 0.29) is 5.56 Å². The van der Waals surface area contributed by atoms with Gasteiger partial charge in [-0.15, -0.1) is 0 Å². The van der Waals surface area contributed by atoms with Gasteiger partial charge in [0.1, 0.15) is 17.3 Å². The third-order valence-corrected chi connectivity index (χ3v) is 6.56. The number of aromatic carboxylic acids is 1. The van der Waals surface area contributed by atoms with Crippen LogP contribution in [0.4, 0.5) is 0 Å². The molecule has 5 rings (SSSR count). The molecular formula is C28H28N2O3. The van der Waals surface area contributed by atoms with Gasteiger partial charge in [0.2, 0.25) is 0 Å². The maximum absolute atomic E-state index is 11.5. The summed E-state index contributed by atoms with van der Waals surface area (Å²) in [5, 5.41) is 9.45. The minimum atomic E-state index is -0.930. The molecule has 0 atom stereocenters. The largest absolute Gasteiger partial charge is 0.478 e. The number of nitrogens with zero attached hydrogens (tertiary/aromatic N) is 2. The van der Waals surface area contributed by atoms with E-state index in [4.69, 9.17) is 9.72 Å². The van der Waals surface area contributed by atoms with Crippen LogP contribution in [-0.2, 0) is 0 Å². The van der Waals surface area contributed by atoms with Crippen molar-refractivity contribution in [2.75, 3.05) is 0 Å². The van der Waals surface area contributed by atoms with E-state index in [0.717, 1.165) is 52.3 Å². The van der Waals surface area contributed by atoms with Crippen LogP contribution in [0, 0.1) is 6.92 Å². The second-order valence-corrected chi connectivity index (χ2v) is 8.85. The number of carboxylic acid groups (broad SMARTS) is 1. The molecule has 5 heteroatoms. The van der Waals surface area contributed by atoms with Crippen molar-refractivity contribution in [1.82, 2.24) is 9.55 Å². The summed E-state index contributed by atoms with van der Waals surface area (Å²) in [6.07, 6.45) is 7.20. The molecule has 168 valence electrons. The van der Waals surface area contributed by atoms with Crippen molar-refractivity contribution < 1.29 is 14.6 Å². The standard InChI is InChI=1S/C28H28N2O3/c1-19-8-6-7-11-26(19)33-23-15-12-20(13-16-23)27-29-24-18-21(28(31)32)14-17-25(24)30(27)22-9-4-2-3-5-10-22/h6-8,11-18,22H,2-5,9-10H2,1H3,(H,31,32). The maximum Gasteiger partial charge on any atom is 0.335 e. The molecule has 0 spiro atoms. The number of fused-ring (bicyclic) bond motifs is 1. The van der Waals surface area contributed by atoms with Crippen LogP contribution >= 0.6 is 0 Å². The fourth-order valence-electron chi connectivity index (χ4n) is 4.79. The van der Waals surface area contributed by atoms with Gasteiger partial charge in [-0.05, 0) is 73.9 Å². The second-order valence-electron chi connectivity index (χ2n) is 8.85. The van der Waals surface area contributed by atoms with Crippen LogP contribution in [0.1, 0.15) is 60.5 Å². The number of rotatable bonds is 5. The van der Waals surface area contributed by atoms with Gasteiger partial charge in [-0.1, -0.05) is 43.9 Å². The van der Waals surface area contributed by atoms with Crippen molar-refractivity contribution in [3.63, 3.8) is 0 Å². The molecule has 1 N–H and O–H groups in total. The van der Waals surface area contributed by atoms with Gasteiger partial charge in [-0.2, -0.15) is 0 Å². The number of hydrogen-bond acceptors (Lipinski definition) is 3. The highest BCUT2D eigenvalue weighted by Crippen LogP contribution is 2.36.